The first-order chi connectivity index (χ1) is 24.0. The van der Waals surface area contributed by atoms with Crippen molar-refractivity contribution in [2.75, 3.05) is 4.90 Å². The molecular formula is C46H35NOS. The fourth-order valence-electron chi connectivity index (χ4n) is 7.80. The Balaban J connectivity index is 1.21. The van der Waals surface area contributed by atoms with E-state index in [0.717, 1.165) is 50.1 Å². The van der Waals surface area contributed by atoms with E-state index in [0.29, 0.717) is 0 Å². The minimum absolute atomic E-state index is 0.157. The van der Waals surface area contributed by atoms with Crippen LogP contribution in [0.5, 0.6) is 0 Å². The van der Waals surface area contributed by atoms with Gasteiger partial charge in [-0.3, -0.25) is 0 Å². The van der Waals surface area contributed by atoms with Crippen LogP contribution in [0.2, 0.25) is 0 Å². The number of rotatable bonds is 6. The van der Waals surface area contributed by atoms with Gasteiger partial charge in [-0.05, 0) is 89.4 Å². The van der Waals surface area contributed by atoms with E-state index in [1.165, 1.54) is 42.4 Å². The largest absolute Gasteiger partial charge is 0.455 e. The maximum atomic E-state index is 6.40. The van der Waals surface area contributed by atoms with Gasteiger partial charge in [0.2, 0.25) is 0 Å². The van der Waals surface area contributed by atoms with E-state index in [1.54, 1.807) is 0 Å². The average molecular weight is 650 g/mol. The van der Waals surface area contributed by atoms with Crippen molar-refractivity contribution >= 4 is 76.1 Å². The van der Waals surface area contributed by atoms with Crippen molar-refractivity contribution in [3.05, 3.63) is 169 Å². The highest BCUT2D eigenvalue weighted by atomic mass is 32.1. The van der Waals surface area contributed by atoms with Crippen LogP contribution in [0.4, 0.5) is 17.1 Å². The molecule has 9 rings (SSSR count). The molecular weight excluding hydrogens is 615 g/mol. The highest BCUT2D eigenvalue weighted by molar-refractivity contribution is 7.25. The van der Waals surface area contributed by atoms with E-state index in [-0.39, 0.29) is 5.41 Å². The van der Waals surface area contributed by atoms with Gasteiger partial charge in [-0.25, -0.2) is 0 Å². The fourth-order valence-corrected chi connectivity index (χ4v) is 8.89. The van der Waals surface area contributed by atoms with Gasteiger partial charge >= 0.3 is 0 Å². The zero-order valence-corrected chi connectivity index (χ0v) is 28.6. The molecule has 0 radical (unpaired) electrons. The lowest BCUT2D eigenvalue weighted by atomic mass is 9.80. The number of para-hydroxylation sites is 2. The van der Waals surface area contributed by atoms with Crippen LogP contribution in [0, 0.1) is 0 Å². The topological polar surface area (TPSA) is 16.4 Å². The molecule has 0 amide bonds. The summed E-state index contributed by atoms with van der Waals surface area (Å²) in [7, 11) is 0. The summed E-state index contributed by atoms with van der Waals surface area (Å²) in [5, 5.41) is 4.86. The Morgan fingerprint density at radius 3 is 2.16 bits per heavy atom. The summed E-state index contributed by atoms with van der Waals surface area (Å²) in [5.41, 5.74) is 12.3. The summed E-state index contributed by atoms with van der Waals surface area (Å²) in [6, 6.07) is 46.1. The van der Waals surface area contributed by atoms with Crippen molar-refractivity contribution in [2.24, 2.45) is 0 Å². The summed E-state index contributed by atoms with van der Waals surface area (Å²) in [5.74, 6) is 0. The van der Waals surface area contributed by atoms with Crippen LogP contribution < -0.4 is 4.90 Å². The number of thiophene rings is 1. The number of hydrogen-bond donors (Lipinski definition) is 0. The first kappa shape index (κ1) is 29.5. The molecule has 2 heterocycles. The Kier molecular flexibility index (Phi) is 6.75. The van der Waals surface area contributed by atoms with Gasteiger partial charge in [-0.15, -0.1) is 11.3 Å². The molecule has 0 spiro atoms. The Morgan fingerprint density at radius 2 is 1.35 bits per heavy atom. The van der Waals surface area contributed by atoms with Crippen LogP contribution in [0.1, 0.15) is 31.9 Å². The molecule has 0 aliphatic heterocycles. The van der Waals surface area contributed by atoms with Crippen LogP contribution in [-0.2, 0) is 5.41 Å². The number of hydrogen-bond acceptors (Lipinski definition) is 3. The van der Waals surface area contributed by atoms with E-state index in [9.17, 15) is 0 Å². The fraction of sp³-hybridized carbons (Fsp3) is 0.0870. The molecule has 0 bridgehead atoms. The van der Waals surface area contributed by atoms with Crippen molar-refractivity contribution in [1.82, 2.24) is 0 Å². The first-order valence-electron chi connectivity index (χ1n) is 16.8. The van der Waals surface area contributed by atoms with Gasteiger partial charge in [-0.1, -0.05) is 111 Å². The molecule has 0 saturated heterocycles. The zero-order valence-electron chi connectivity index (χ0n) is 27.8. The van der Waals surface area contributed by atoms with Crippen molar-refractivity contribution in [3.8, 4) is 11.1 Å². The number of fused-ring (bicyclic) bond motifs is 7. The van der Waals surface area contributed by atoms with Gasteiger partial charge in [-0.2, -0.15) is 0 Å². The number of anilines is 3. The van der Waals surface area contributed by atoms with Crippen LogP contribution in [0.15, 0.2) is 162 Å². The number of benzene rings is 6. The monoisotopic (exact) mass is 649 g/mol. The maximum absolute atomic E-state index is 6.40. The van der Waals surface area contributed by atoms with E-state index >= 15 is 0 Å². The number of nitrogens with zero attached hydrogens (tertiary/aromatic N) is 1. The molecule has 1 aliphatic rings. The second kappa shape index (κ2) is 11.2. The zero-order chi connectivity index (χ0) is 33.3. The average Bonchev–Trinajstić information content (AvgIpc) is 3.76. The van der Waals surface area contributed by atoms with Crippen molar-refractivity contribution in [2.45, 2.75) is 26.2 Å². The SMILES string of the molecule is C=CC1=C(/C=C\C)C(C)(C)c2cc(N(c3ccc(-c4cccc5c4oc4ccccc45)cc3)c3ccc4sc5ccccc5c4c3)ccc21. The third kappa shape index (κ3) is 4.53. The Labute approximate surface area is 290 Å². The molecule has 2 nitrogen and oxygen atoms in total. The first-order valence-corrected chi connectivity index (χ1v) is 17.6. The molecule has 236 valence electrons. The highest BCUT2D eigenvalue weighted by Crippen LogP contribution is 2.50. The molecule has 0 fully saturated rings. The Morgan fingerprint density at radius 1 is 0.653 bits per heavy atom. The van der Waals surface area contributed by atoms with Crippen LogP contribution in [0.25, 0.3) is 58.8 Å². The molecule has 3 heteroatoms. The van der Waals surface area contributed by atoms with Gasteiger partial charge in [0.05, 0.1) is 0 Å². The molecule has 0 unspecified atom stereocenters. The normalized spacial score (nSPS) is 14.1. The summed E-state index contributed by atoms with van der Waals surface area (Å²) >= 11 is 1.85. The molecule has 49 heavy (non-hydrogen) atoms. The van der Waals surface area contributed by atoms with Crippen LogP contribution >= 0.6 is 11.3 Å². The predicted octanol–water partition coefficient (Wildman–Crippen LogP) is 13.9. The lowest BCUT2D eigenvalue weighted by Gasteiger charge is -2.29. The van der Waals surface area contributed by atoms with E-state index in [4.69, 9.17) is 4.42 Å². The number of allylic oxidation sites excluding steroid dienone is 5. The third-order valence-electron chi connectivity index (χ3n) is 10.2. The summed E-state index contributed by atoms with van der Waals surface area (Å²) < 4.78 is 9.01. The second-order valence-corrected chi connectivity index (χ2v) is 14.4. The van der Waals surface area contributed by atoms with Crippen LogP contribution in [-0.4, -0.2) is 0 Å². The minimum Gasteiger partial charge on any atom is -0.455 e. The second-order valence-electron chi connectivity index (χ2n) is 13.3. The molecule has 0 atom stereocenters. The lowest BCUT2D eigenvalue weighted by Crippen LogP contribution is -2.17. The van der Waals surface area contributed by atoms with Gasteiger partial charge in [0, 0.05) is 59.0 Å². The van der Waals surface area contributed by atoms with Gasteiger partial charge in [0.1, 0.15) is 11.2 Å². The van der Waals surface area contributed by atoms with Crippen molar-refractivity contribution < 1.29 is 4.42 Å². The summed E-state index contributed by atoms with van der Waals surface area (Å²) in [6.07, 6.45) is 6.38. The van der Waals surface area contributed by atoms with Crippen LogP contribution in [0.3, 0.4) is 0 Å². The molecule has 2 aromatic heterocycles. The van der Waals surface area contributed by atoms with Gasteiger partial charge < -0.3 is 9.32 Å². The number of furan rings is 1. The third-order valence-corrected chi connectivity index (χ3v) is 11.3. The Hall–Kier alpha value is -5.64. The van der Waals surface area contributed by atoms with Gasteiger partial charge in [0.15, 0.2) is 0 Å². The maximum Gasteiger partial charge on any atom is 0.143 e. The quantitative estimate of drug-likeness (QED) is 0.178. The lowest BCUT2D eigenvalue weighted by molar-refractivity contribution is 0.654. The highest BCUT2D eigenvalue weighted by Gasteiger charge is 2.36. The van der Waals surface area contributed by atoms with E-state index in [1.807, 2.05) is 29.5 Å². The molecule has 0 saturated carbocycles. The summed E-state index contributed by atoms with van der Waals surface area (Å²) in [6.45, 7) is 10.9. The predicted molar refractivity (Wildman–Crippen MR) is 212 cm³/mol. The summed E-state index contributed by atoms with van der Waals surface area (Å²) in [4.78, 5) is 2.40. The molecule has 6 aromatic carbocycles. The molecule has 8 aromatic rings. The van der Waals surface area contributed by atoms with E-state index < -0.39 is 0 Å². The van der Waals surface area contributed by atoms with E-state index in [2.05, 4.69) is 160 Å². The molecule has 0 N–H and O–H groups in total. The minimum atomic E-state index is -0.157. The molecule has 1 aliphatic carbocycles. The standard InChI is InChI=1S/C46H35NOS/c1-5-12-40-33(6-2)35-25-23-32(28-41(35)46(40,3)4)47(31-24-26-44-39(27-31)37-14-8-10-18-43(37)49-44)30-21-19-29(20-22-30)34-15-11-16-38-36-13-7-9-17-42(36)48-45(34)38/h5-28H,2H2,1,3-4H3/b12-5-. The Bertz CT molecular complexity index is 2660. The van der Waals surface area contributed by atoms with Crippen molar-refractivity contribution in [1.29, 1.82) is 0 Å². The smallest absolute Gasteiger partial charge is 0.143 e. The van der Waals surface area contributed by atoms with Gasteiger partial charge in [0.25, 0.3) is 0 Å². The van der Waals surface area contributed by atoms with Crippen molar-refractivity contribution in [3.63, 3.8) is 0 Å².